The van der Waals surface area contributed by atoms with E-state index in [2.05, 4.69) is 10.0 Å². The van der Waals surface area contributed by atoms with Crippen LogP contribution >= 0.6 is 0 Å². The van der Waals surface area contributed by atoms with Crippen molar-refractivity contribution in [3.63, 3.8) is 0 Å². The van der Waals surface area contributed by atoms with E-state index in [1.54, 1.807) is 0 Å². The van der Waals surface area contributed by atoms with Crippen LogP contribution in [0.2, 0.25) is 0 Å². The molecule has 2 atom stereocenters. The van der Waals surface area contributed by atoms with Crippen LogP contribution in [-0.4, -0.2) is 44.4 Å². The number of rotatable bonds is 6. The standard InChI is InChI=1S/C10H20N2O4S/c1-8(10(13)14)17(15,16)12-6-4-9-3-2-5-11-7-9/h8-9,11-12H,2-7H2,1H3,(H,13,14). The van der Waals surface area contributed by atoms with Gasteiger partial charge < -0.3 is 10.4 Å². The maximum Gasteiger partial charge on any atom is 0.323 e. The molecular formula is C10H20N2O4S. The third-order valence-corrected chi connectivity index (χ3v) is 4.81. The smallest absolute Gasteiger partial charge is 0.323 e. The maximum absolute atomic E-state index is 11.5. The molecule has 0 saturated carbocycles. The fourth-order valence-corrected chi connectivity index (χ4v) is 2.75. The lowest BCUT2D eigenvalue weighted by atomic mass is 9.96. The summed E-state index contributed by atoms with van der Waals surface area (Å²) < 4.78 is 25.4. The first-order valence-corrected chi connectivity index (χ1v) is 7.40. The van der Waals surface area contributed by atoms with E-state index in [0.29, 0.717) is 12.5 Å². The van der Waals surface area contributed by atoms with Crippen LogP contribution in [0.5, 0.6) is 0 Å². The highest BCUT2D eigenvalue weighted by atomic mass is 32.2. The van der Waals surface area contributed by atoms with Crippen molar-refractivity contribution >= 4 is 16.0 Å². The van der Waals surface area contributed by atoms with Gasteiger partial charge in [0.15, 0.2) is 5.25 Å². The summed E-state index contributed by atoms with van der Waals surface area (Å²) in [6.45, 7) is 3.42. The first kappa shape index (κ1) is 14.4. The second-order valence-electron chi connectivity index (χ2n) is 4.42. The lowest BCUT2D eigenvalue weighted by Gasteiger charge is -2.22. The van der Waals surface area contributed by atoms with Gasteiger partial charge in [0.05, 0.1) is 0 Å². The van der Waals surface area contributed by atoms with E-state index in [1.165, 1.54) is 6.92 Å². The SMILES string of the molecule is CC(C(=O)O)S(=O)(=O)NCCC1CCCNC1. The summed E-state index contributed by atoms with van der Waals surface area (Å²) in [5.41, 5.74) is 0. The summed E-state index contributed by atoms with van der Waals surface area (Å²) in [6, 6.07) is 0. The predicted molar refractivity (Wildman–Crippen MR) is 64.2 cm³/mol. The molecule has 1 aliphatic rings. The molecule has 0 aromatic rings. The molecule has 1 heterocycles. The van der Waals surface area contributed by atoms with E-state index < -0.39 is 21.2 Å². The normalized spacial score (nSPS) is 23.2. The summed E-state index contributed by atoms with van der Waals surface area (Å²) in [5, 5.41) is 10.5. The van der Waals surface area contributed by atoms with Gasteiger partial charge >= 0.3 is 5.97 Å². The zero-order valence-corrected chi connectivity index (χ0v) is 10.8. The number of carboxylic acid groups (broad SMARTS) is 1. The number of hydrogen-bond donors (Lipinski definition) is 3. The molecule has 1 saturated heterocycles. The molecule has 1 aliphatic heterocycles. The molecule has 0 radical (unpaired) electrons. The van der Waals surface area contributed by atoms with E-state index in [0.717, 1.165) is 32.4 Å². The van der Waals surface area contributed by atoms with Gasteiger partial charge in [-0.2, -0.15) is 0 Å². The van der Waals surface area contributed by atoms with Gasteiger partial charge in [-0.25, -0.2) is 13.1 Å². The van der Waals surface area contributed by atoms with E-state index in [-0.39, 0.29) is 0 Å². The van der Waals surface area contributed by atoms with Crippen LogP contribution in [0.1, 0.15) is 26.2 Å². The van der Waals surface area contributed by atoms with E-state index in [9.17, 15) is 13.2 Å². The molecule has 2 unspecified atom stereocenters. The van der Waals surface area contributed by atoms with Crippen LogP contribution in [0.3, 0.4) is 0 Å². The molecule has 17 heavy (non-hydrogen) atoms. The Kier molecular flexibility index (Phi) is 5.35. The number of carbonyl (C=O) groups is 1. The zero-order chi connectivity index (χ0) is 12.9. The number of carboxylic acids is 1. The number of piperidine rings is 1. The summed E-state index contributed by atoms with van der Waals surface area (Å²) in [6.07, 6.45) is 2.96. The minimum absolute atomic E-state index is 0.312. The van der Waals surface area contributed by atoms with E-state index >= 15 is 0 Å². The Balaban J connectivity index is 2.32. The van der Waals surface area contributed by atoms with Crippen LogP contribution in [0.25, 0.3) is 0 Å². The molecular weight excluding hydrogens is 244 g/mol. The Morgan fingerprint density at radius 1 is 1.59 bits per heavy atom. The second-order valence-corrected chi connectivity index (χ2v) is 6.51. The van der Waals surface area contributed by atoms with Gasteiger partial charge in [-0.1, -0.05) is 0 Å². The van der Waals surface area contributed by atoms with Gasteiger partial charge in [0.25, 0.3) is 0 Å². The Bertz CT molecular complexity index is 349. The lowest BCUT2D eigenvalue weighted by Crippen LogP contribution is -2.39. The molecule has 0 amide bonds. The Morgan fingerprint density at radius 2 is 2.29 bits per heavy atom. The van der Waals surface area contributed by atoms with Gasteiger partial charge in [-0.05, 0) is 45.2 Å². The zero-order valence-electron chi connectivity index (χ0n) is 9.98. The molecule has 100 valence electrons. The molecule has 1 fully saturated rings. The Labute approximate surface area is 102 Å². The molecule has 0 aromatic heterocycles. The highest BCUT2D eigenvalue weighted by molar-refractivity contribution is 7.90. The van der Waals surface area contributed by atoms with Crippen LogP contribution in [0, 0.1) is 5.92 Å². The summed E-state index contributed by atoms with van der Waals surface area (Å²) in [7, 11) is -3.73. The predicted octanol–water partition coefficient (Wildman–Crippen LogP) is -0.231. The highest BCUT2D eigenvalue weighted by Gasteiger charge is 2.27. The van der Waals surface area contributed by atoms with Crippen molar-refractivity contribution < 1.29 is 18.3 Å². The van der Waals surface area contributed by atoms with Gasteiger partial charge in [-0.15, -0.1) is 0 Å². The highest BCUT2D eigenvalue weighted by Crippen LogP contribution is 2.13. The maximum atomic E-state index is 11.5. The number of nitrogens with one attached hydrogen (secondary N) is 2. The van der Waals surface area contributed by atoms with Gasteiger partial charge in [-0.3, -0.25) is 4.79 Å². The Morgan fingerprint density at radius 3 is 2.82 bits per heavy atom. The molecule has 0 aromatic carbocycles. The van der Waals surface area contributed by atoms with Gasteiger partial charge in [0.2, 0.25) is 10.0 Å². The average Bonchev–Trinajstić information content (AvgIpc) is 2.29. The second kappa shape index (κ2) is 6.32. The summed E-state index contributed by atoms with van der Waals surface area (Å²) in [4.78, 5) is 10.6. The van der Waals surface area contributed by atoms with Crippen LogP contribution < -0.4 is 10.0 Å². The monoisotopic (exact) mass is 264 g/mol. The van der Waals surface area contributed by atoms with Crippen molar-refractivity contribution in [2.24, 2.45) is 5.92 Å². The van der Waals surface area contributed by atoms with Crippen molar-refractivity contribution in [2.75, 3.05) is 19.6 Å². The largest absolute Gasteiger partial charge is 0.480 e. The number of aliphatic carboxylic acids is 1. The quantitative estimate of drug-likeness (QED) is 0.616. The first-order chi connectivity index (χ1) is 7.93. The third-order valence-electron chi connectivity index (χ3n) is 3.07. The average molecular weight is 264 g/mol. The lowest BCUT2D eigenvalue weighted by molar-refractivity contribution is -0.136. The molecule has 1 rings (SSSR count). The Hall–Kier alpha value is -0.660. The molecule has 0 spiro atoms. The fraction of sp³-hybridized carbons (Fsp3) is 0.900. The van der Waals surface area contributed by atoms with Gasteiger partial charge in [0.1, 0.15) is 0 Å². The summed E-state index contributed by atoms with van der Waals surface area (Å²) in [5.74, 6) is -0.844. The third kappa shape index (κ3) is 4.61. The fourth-order valence-electron chi connectivity index (χ4n) is 1.83. The number of hydrogen-bond acceptors (Lipinski definition) is 4. The van der Waals surface area contributed by atoms with Crippen molar-refractivity contribution in [3.05, 3.63) is 0 Å². The number of sulfonamides is 1. The molecule has 7 heteroatoms. The minimum atomic E-state index is -3.73. The van der Waals surface area contributed by atoms with Crippen molar-refractivity contribution in [1.82, 2.24) is 10.0 Å². The van der Waals surface area contributed by atoms with Gasteiger partial charge in [0, 0.05) is 6.54 Å². The van der Waals surface area contributed by atoms with Crippen molar-refractivity contribution in [2.45, 2.75) is 31.4 Å². The summed E-state index contributed by atoms with van der Waals surface area (Å²) >= 11 is 0. The topological polar surface area (TPSA) is 95.5 Å². The van der Waals surface area contributed by atoms with Crippen molar-refractivity contribution in [3.8, 4) is 0 Å². The molecule has 0 aliphatic carbocycles. The van der Waals surface area contributed by atoms with Crippen LogP contribution in [0.15, 0.2) is 0 Å². The van der Waals surface area contributed by atoms with E-state index in [4.69, 9.17) is 5.11 Å². The van der Waals surface area contributed by atoms with Crippen molar-refractivity contribution in [1.29, 1.82) is 0 Å². The van der Waals surface area contributed by atoms with Crippen LogP contribution in [0.4, 0.5) is 0 Å². The molecule has 0 bridgehead atoms. The molecule has 6 nitrogen and oxygen atoms in total. The minimum Gasteiger partial charge on any atom is -0.480 e. The molecule has 3 N–H and O–H groups in total. The van der Waals surface area contributed by atoms with Crippen LogP contribution in [-0.2, 0) is 14.8 Å². The first-order valence-electron chi connectivity index (χ1n) is 5.85. The van der Waals surface area contributed by atoms with E-state index in [1.807, 2.05) is 0 Å².